The van der Waals surface area contributed by atoms with E-state index in [9.17, 15) is 9.46 Å². The van der Waals surface area contributed by atoms with Crippen molar-refractivity contribution in [3.63, 3.8) is 0 Å². The molecular formula is C18H31O3P. The smallest absolute Gasteiger partial charge is 0.321 e. The summed E-state index contributed by atoms with van der Waals surface area (Å²) in [5.74, 6) is 0.390. The van der Waals surface area contributed by atoms with Crippen molar-refractivity contribution in [3.8, 4) is 0 Å². The maximum Gasteiger partial charge on any atom is 0.358 e. The molecule has 0 spiro atoms. The third-order valence-corrected chi connectivity index (χ3v) is 5.45. The van der Waals surface area contributed by atoms with Crippen LogP contribution >= 0.6 is 7.60 Å². The summed E-state index contributed by atoms with van der Waals surface area (Å²) in [6, 6.07) is 8.68. The molecule has 0 bridgehead atoms. The molecule has 2 unspecified atom stereocenters. The molecule has 0 aliphatic heterocycles. The van der Waals surface area contributed by atoms with E-state index in [1.165, 1.54) is 25.7 Å². The molecule has 1 N–H and O–H groups in total. The quantitative estimate of drug-likeness (QED) is 0.419. The van der Waals surface area contributed by atoms with Gasteiger partial charge in [-0.3, -0.25) is 4.57 Å². The molecule has 0 amide bonds. The highest BCUT2D eigenvalue weighted by Crippen LogP contribution is 2.41. The summed E-state index contributed by atoms with van der Waals surface area (Å²) in [5, 5.41) is 0.384. The van der Waals surface area contributed by atoms with Crippen molar-refractivity contribution in [3.05, 3.63) is 30.3 Å². The molecule has 4 heteroatoms. The first kappa shape index (κ1) is 19.4. The normalized spacial score (nSPS) is 15.4. The molecule has 1 rings (SSSR count). The van der Waals surface area contributed by atoms with Crippen molar-refractivity contribution in [2.24, 2.45) is 5.92 Å². The first-order chi connectivity index (χ1) is 10.6. The minimum Gasteiger partial charge on any atom is -0.321 e. The lowest BCUT2D eigenvalue weighted by atomic mass is 9.96. The highest BCUT2D eigenvalue weighted by molar-refractivity contribution is 7.61. The lowest BCUT2D eigenvalue weighted by Gasteiger charge is -2.19. The number of rotatable bonds is 12. The van der Waals surface area contributed by atoms with Gasteiger partial charge in [-0.15, -0.1) is 0 Å². The topological polar surface area (TPSA) is 46.5 Å². The minimum absolute atomic E-state index is 0.384. The van der Waals surface area contributed by atoms with Crippen LogP contribution in [-0.2, 0) is 9.09 Å². The number of unbranched alkanes of at least 4 members (excludes halogenated alkanes) is 4. The van der Waals surface area contributed by atoms with Gasteiger partial charge >= 0.3 is 7.60 Å². The van der Waals surface area contributed by atoms with E-state index in [0.29, 0.717) is 17.8 Å². The van der Waals surface area contributed by atoms with E-state index in [1.807, 2.05) is 6.07 Å². The van der Waals surface area contributed by atoms with Crippen LogP contribution in [0, 0.1) is 5.92 Å². The highest BCUT2D eigenvalue weighted by atomic mass is 31.2. The van der Waals surface area contributed by atoms with Crippen LogP contribution in [0.25, 0.3) is 0 Å². The van der Waals surface area contributed by atoms with E-state index in [0.717, 1.165) is 25.7 Å². The summed E-state index contributed by atoms with van der Waals surface area (Å²) in [6.07, 6.45) is 9.41. The van der Waals surface area contributed by atoms with Crippen LogP contribution < -0.4 is 5.30 Å². The predicted molar refractivity (Wildman–Crippen MR) is 93.6 cm³/mol. The van der Waals surface area contributed by atoms with Gasteiger partial charge in [-0.05, 0) is 30.9 Å². The SMILES string of the molecule is CCCCCCC(CCCC)COP(=O)(O)c1ccccc1. The average Bonchev–Trinajstić information content (AvgIpc) is 2.54. The van der Waals surface area contributed by atoms with Crippen molar-refractivity contribution in [2.75, 3.05) is 6.61 Å². The van der Waals surface area contributed by atoms with Crippen molar-refractivity contribution < 1.29 is 14.0 Å². The van der Waals surface area contributed by atoms with Crippen molar-refractivity contribution in [1.29, 1.82) is 0 Å². The summed E-state index contributed by atoms with van der Waals surface area (Å²) in [6.45, 7) is 4.77. The van der Waals surface area contributed by atoms with Crippen LogP contribution in [0.4, 0.5) is 0 Å². The van der Waals surface area contributed by atoms with Gasteiger partial charge < -0.3 is 9.42 Å². The van der Waals surface area contributed by atoms with E-state index in [4.69, 9.17) is 4.52 Å². The van der Waals surface area contributed by atoms with Gasteiger partial charge in [-0.25, -0.2) is 0 Å². The average molecular weight is 326 g/mol. The molecule has 0 radical (unpaired) electrons. The van der Waals surface area contributed by atoms with Gasteiger partial charge in [0.1, 0.15) is 0 Å². The maximum absolute atomic E-state index is 12.3. The molecule has 0 aromatic heterocycles. The third-order valence-electron chi connectivity index (χ3n) is 4.00. The molecule has 1 aromatic carbocycles. The summed E-state index contributed by atoms with van der Waals surface area (Å²) < 4.78 is 17.7. The first-order valence-corrected chi connectivity index (χ1v) is 10.2. The van der Waals surface area contributed by atoms with Crippen molar-refractivity contribution in [1.82, 2.24) is 0 Å². The molecule has 3 nitrogen and oxygen atoms in total. The van der Waals surface area contributed by atoms with E-state index < -0.39 is 7.60 Å². The molecule has 0 saturated heterocycles. The van der Waals surface area contributed by atoms with Crippen LogP contribution in [-0.4, -0.2) is 11.5 Å². The Labute approximate surface area is 135 Å². The largest absolute Gasteiger partial charge is 0.358 e. The Hall–Kier alpha value is -0.630. The van der Waals surface area contributed by atoms with Gasteiger partial charge in [0.25, 0.3) is 0 Å². The van der Waals surface area contributed by atoms with Crippen LogP contribution in [0.5, 0.6) is 0 Å². The summed E-state index contributed by atoms with van der Waals surface area (Å²) >= 11 is 0. The fraction of sp³-hybridized carbons (Fsp3) is 0.667. The fourth-order valence-electron chi connectivity index (χ4n) is 2.56. The fourth-order valence-corrected chi connectivity index (χ4v) is 3.67. The monoisotopic (exact) mass is 326 g/mol. The first-order valence-electron chi connectivity index (χ1n) is 8.63. The van der Waals surface area contributed by atoms with Gasteiger partial charge in [-0.1, -0.05) is 70.6 Å². The van der Waals surface area contributed by atoms with E-state index >= 15 is 0 Å². The number of benzene rings is 1. The Kier molecular flexibility index (Phi) is 9.70. The van der Waals surface area contributed by atoms with Gasteiger partial charge in [-0.2, -0.15) is 0 Å². The molecule has 2 atom stereocenters. The lowest BCUT2D eigenvalue weighted by Crippen LogP contribution is -2.13. The molecule has 22 heavy (non-hydrogen) atoms. The van der Waals surface area contributed by atoms with Gasteiger partial charge in [0.2, 0.25) is 0 Å². The molecule has 0 aliphatic carbocycles. The van der Waals surface area contributed by atoms with Crippen molar-refractivity contribution in [2.45, 2.75) is 65.2 Å². The van der Waals surface area contributed by atoms with E-state index in [2.05, 4.69) is 13.8 Å². The van der Waals surface area contributed by atoms with E-state index in [1.54, 1.807) is 24.3 Å². The Bertz CT molecular complexity index is 433. The zero-order chi connectivity index (χ0) is 16.3. The minimum atomic E-state index is -3.68. The standard InChI is InChI=1S/C18H31O3P/c1-3-5-7-9-13-17(12-6-4-2)16-21-22(19,20)18-14-10-8-11-15-18/h8,10-11,14-15,17H,3-7,9,12-13,16H2,1-2H3,(H,19,20). The second-order valence-corrected chi connectivity index (χ2v) is 7.82. The highest BCUT2D eigenvalue weighted by Gasteiger charge is 2.23. The summed E-state index contributed by atoms with van der Waals surface area (Å²) in [5.41, 5.74) is 0. The molecule has 0 heterocycles. The number of hydrogen-bond acceptors (Lipinski definition) is 2. The Morgan fingerprint density at radius 1 is 1.00 bits per heavy atom. The van der Waals surface area contributed by atoms with Crippen LogP contribution in [0.3, 0.4) is 0 Å². The molecule has 0 fully saturated rings. The summed E-state index contributed by atoms with van der Waals surface area (Å²) in [4.78, 5) is 10.1. The van der Waals surface area contributed by atoms with Crippen LogP contribution in [0.1, 0.15) is 65.2 Å². The van der Waals surface area contributed by atoms with Gasteiger partial charge in [0.15, 0.2) is 0 Å². The molecule has 0 aliphatic rings. The second kappa shape index (κ2) is 11.0. The molecule has 0 saturated carbocycles. The van der Waals surface area contributed by atoms with Crippen LogP contribution in [0.15, 0.2) is 30.3 Å². The zero-order valence-corrected chi connectivity index (χ0v) is 14.9. The Morgan fingerprint density at radius 2 is 1.64 bits per heavy atom. The van der Waals surface area contributed by atoms with E-state index in [-0.39, 0.29) is 0 Å². The lowest BCUT2D eigenvalue weighted by molar-refractivity contribution is 0.204. The third kappa shape index (κ3) is 7.58. The second-order valence-electron chi connectivity index (χ2n) is 6.01. The van der Waals surface area contributed by atoms with Gasteiger partial charge in [0.05, 0.1) is 11.9 Å². The van der Waals surface area contributed by atoms with Crippen LogP contribution in [0.2, 0.25) is 0 Å². The van der Waals surface area contributed by atoms with Gasteiger partial charge in [0, 0.05) is 0 Å². The molecule has 126 valence electrons. The number of hydrogen-bond donors (Lipinski definition) is 1. The van der Waals surface area contributed by atoms with Crippen molar-refractivity contribution >= 4 is 12.9 Å². The Balaban J connectivity index is 2.48. The molecular weight excluding hydrogens is 295 g/mol. The molecule has 1 aromatic rings. The maximum atomic E-state index is 12.3. The Morgan fingerprint density at radius 3 is 2.27 bits per heavy atom. The predicted octanol–water partition coefficient (Wildman–Crippen LogP) is 5.29. The zero-order valence-electron chi connectivity index (χ0n) is 14.0. The summed E-state index contributed by atoms with van der Waals surface area (Å²) in [7, 11) is -3.68.